The van der Waals surface area contributed by atoms with Gasteiger partial charge in [0.25, 0.3) is 0 Å². The molecule has 0 atom stereocenters. The molecule has 0 aliphatic rings. The van der Waals surface area contributed by atoms with Gasteiger partial charge in [-0.1, -0.05) is 0 Å². The SMILES string of the molecule is [N-]=[N+]=NC(=O)CCOCCOCCN. The Hall–Kier alpha value is -1.14. The molecule has 0 heterocycles. The van der Waals surface area contributed by atoms with Gasteiger partial charge in [-0.3, -0.25) is 4.79 Å². The van der Waals surface area contributed by atoms with E-state index in [4.69, 9.17) is 20.7 Å². The molecule has 0 aromatic carbocycles. The Morgan fingerprint density at radius 1 is 1.29 bits per heavy atom. The van der Waals surface area contributed by atoms with E-state index < -0.39 is 5.91 Å². The van der Waals surface area contributed by atoms with Gasteiger partial charge in [0.05, 0.1) is 26.4 Å². The molecule has 0 spiro atoms. The highest BCUT2D eigenvalue weighted by Crippen LogP contribution is 1.87. The first-order valence-electron chi connectivity index (χ1n) is 4.24. The van der Waals surface area contributed by atoms with E-state index in [2.05, 4.69) is 10.0 Å². The molecule has 0 aromatic rings. The van der Waals surface area contributed by atoms with Crippen LogP contribution in [0.15, 0.2) is 5.11 Å². The summed E-state index contributed by atoms with van der Waals surface area (Å²) in [6.45, 7) is 2.08. The second-order valence-electron chi connectivity index (χ2n) is 2.35. The van der Waals surface area contributed by atoms with Gasteiger partial charge < -0.3 is 15.2 Å². The van der Waals surface area contributed by atoms with Crippen molar-refractivity contribution in [2.24, 2.45) is 10.8 Å². The monoisotopic (exact) mass is 202 g/mol. The van der Waals surface area contributed by atoms with Crippen molar-refractivity contribution in [1.82, 2.24) is 0 Å². The van der Waals surface area contributed by atoms with E-state index in [1.54, 1.807) is 0 Å². The summed E-state index contributed by atoms with van der Waals surface area (Å²) in [5, 5.41) is 2.89. The Morgan fingerprint density at radius 3 is 2.50 bits per heavy atom. The first-order chi connectivity index (χ1) is 6.81. The summed E-state index contributed by atoms with van der Waals surface area (Å²) >= 11 is 0. The highest BCUT2D eigenvalue weighted by Gasteiger charge is 1.97. The van der Waals surface area contributed by atoms with E-state index in [9.17, 15) is 4.79 Å². The van der Waals surface area contributed by atoms with Crippen LogP contribution < -0.4 is 5.73 Å². The molecule has 0 radical (unpaired) electrons. The summed E-state index contributed by atoms with van der Waals surface area (Å²) in [7, 11) is 0. The third kappa shape index (κ3) is 8.95. The van der Waals surface area contributed by atoms with Crippen LogP contribution in [-0.4, -0.2) is 38.9 Å². The molecule has 0 aliphatic carbocycles. The molecule has 0 aromatic heterocycles. The number of amides is 1. The first-order valence-corrected chi connectivity index (χ1v) is 4.24. The molecule has 0 saturated carbocycles. The maximum atomic E-state index is 10.6. The number of hydrogen-bond acceptors (Lipinski definition) is 4. The van der Waals surface area contributed by atoms with Gasteiger partial charge in [0.1, 0.15) is 0 Å². The topological polar surface area (TPSA) is 110 Å². The van der Waals surface area contributed by atoms with Crippen LogP contribution in [0, 0.1) is 0 Å². The van der Waals surface area contributed by atoms with Crippen molar-refractivity contribution in [3.63, 3.8) is 0 Å². The molecule has 7 heteroatoms. The van der Waals surface area contributed by atoms with Gasteiger partial charge in [0, 0.05) is 17.9 Å². The third-order valence-corrected chi connectivity index (χ3v) is 1.25. The predicted molar refractivity (Wildman–Crippen MR) is 49.5 cm³/mol. The largest absolute Gasteiger partial charge is 0.379 e. The average Bonchev–Trinajstić information content (AvgIpc) is 2.17. The Kier molecular flexibility index (Phi) is 9.13. The number of azide groups is 1. The summed E-state index contributed by atoms with van der Waals surface area (Å²) < 4.78 is 10.0. The zero-order valence-corrected chi connectivity index (χ0v) is 7.89. The summed E-state index contributed by atoms with van der Waals surface area (Å²) in [6.07, 6.45) is 0.0982. The maximum Gasteiger partial charge on any atom is 0.221 e. The van der Waals surface area contributed by atoms with E-state index in [1.807, 2.05) is 0 Å². The van der Waals surface area contributed by atoms with Crippen LogP contribution in [0.2, 0.25) is 0 Å². The standard InChI is InChI=1S/C7H14N4O3/c8-2-4-14-6-5-13-3-1-7(12)10-11-9/h1-6,8H2. The zero-order chi connectivity index (χ0) is 10.6. The number of ether oxygens (including phenoxy) is 2. The minimum atomic E-state index is -0.518. The summed E-state index contributed by atoms with van der Waals surface area (Å²) in [5.74, 6) is -0.518. The molecule has 1 amide bonds. The first kappa shape index (κ1) is 12.9. The van der Waals surface area contributed by atoms with Crippen molar-refractivity contribution in [3.05, 3.63) is 10.4 Å². The normalized spacial score (nSPS) is 9.50. The smallest absolute Gasteiger partial charge is 0.221 e. The number of rotatable bonds is 8. The molecule has 0 bridgehead atoms. The van der Waals surface area contributed by atoms with Crippen molar-refractivity contribution in [3.8, 4) is 0 Å². The molecule has 0 rings (SSSR count). The fraction of sp³-hybridized carbons (Fsp3) is 0.857. The Bertz CT molecular complexity index is 203. The molecule has 0 fully saturated rings. The number of nitrogens with two attached hydrogens (primary N) is 1. The van der Waals surface area contributed by atoms with Gasteiger partial charge >= 0.3 is 0 Å². The van der Waals surface area contributed by atoms with E-state index in [0.717, 1.165) is 0 Å². The van der Waals surface area contributed by atoms with Crippen molar-refractivity contribution in [2.75, 3.05) is 33.0 Å². The molecular formula is C7H14N4O3. The van der Waals surface area contributed by atoms with Crippen LogP contribution >= 0.6 is 0 Å². The number of carbonyl (C=O) groups is 1. The lowest BCUT2D eigenvalue weighted by molar-refractivity contribution is -0.119. The Morgan fingerprint density at radius 2 is 1.93 bits per heavy atom. The van der Waals surface area contributed by atoms with Crippen LogP contribution in [0.3, 0.4) is 0 Å². The number of hydrogen-bond donors (Lipinski definition) is 1. The van der Waals surface area contributed by atoms with Crippen molar-refractivity contribution >= 4 is 5.91 Å². The Balaban J connectivity index is 3.13. The number of carbonyl (C=O) groups excluding carboxylic acids is 1. The van der Waals surface area contributed by atoms with Crippen LogP contribution in [0.1, 0.15) is 6.42 Å². The van der Waals surface area contributed by atoms with Gasteiger partial charge in [0.2, 0.25) is 5.91 Å². The fourth-order valence-electron chi connectivity index (χ4n) is 0.665. The molecule has 14 heavy (non-hydrogen) atoms. The molecular weight excluding hydrogens is 188 g/mol. The van der Waals surface area contributed by atoms with E-state index >= 15 is 0 Å². The van der Waals surface area contributed by atoms with E-state index in [-0.39, 0.29) is 13.0 Å². The highest BCUT2D eigenvalue weighted by atomic mass is 16.5. The summed E-state index contributed by atoms with van der Waals surface area (Å²) in [6, 6.07) is 0. The Labute approximate surface area is 81.8 Å². The minimum Gasteiger partial charge on any atom is -0.379 e. The average molecular weight is 202 g/mol. The van der Waals surface area contributed by atoms with Gasteiger partial charge in [-0.15, -0.1) is 0 Å². The van der Waals surface area contributed by atoms with Crippen molar-refractivity contribution < 1.29 is 14.3 Å². The van der Waals surface area contributed by atoms with E-state index in [1.165, 1.54) is 0 Å². The van der Waals surface area contributed by atoms with Gasteiger partial charge in [-0.2, -0.15) is 0 Å². The van der Waals surface area contributed by atoms with Gasteiger partial charge in [0.15, 0.2) is 0 Å². The lowest BCUT2D eigenvalue weighted by atomic mass is 10.4. The maximum absolute atomic E-state index is 10.6. The fourth-order valence-corrected chi connectivity index (χ4v) is 0.665. The zero-order valence-electron chi connectivity index (χ0n) is 7.89. The molecule has 2 N–H and O–H groups in total. The molecule has 0 aliphatic heterocycles. The third-order valence-electron chi connectivity index (χ3n) is 1.25. The predicted octanol–water partition coefficient (Wildman–Crippen LogP) is 0.205. The second kappa shape index (κ2) is 9.94. The second-order valence-corrected chi connectivity index (χ2v) is 2.35. The van der Waals surface area contributed by atoms with Crippen molar-refractivity contribution in [2.45, 2.75) is 6.42 Å². The highest BCUT2D eigenvalue weighted by molar-refractivity contribution is 5.76. The van der Waals surface area contributed by atoms with Gasteiger partial charge in [-0.05, 0) is 10.6 Å². The van der Waals surface area contributed by atoms with Gasteiger partial charge in [-0.25, -0.2) is 0 Å². The van der Waals surface area contributed by atoms with E-state index in [0.29, 0.717) is 26.4 Å². The molecule has 0 unspecified atom stereocenters. The summed E-state index contributed by atoms with van der Waals surface area (Å²) in [4.78, 5) is 13.0. The quantitative estimate of drug-likeness (QED) is 0.262. The van der Waals surface area contributed by atoms with Crippen LogP contribution in [0.5, 0.6) is 0 Å². The number of nitrogens with zero attached hydrogens (tertiary/aromatic N) is 3. The molecule has 80 valence electrons. The summed E-state index contributed by atoms with van der Waals surface area (Å²) in [5.41, 5.74) is 13.1. The van der Waals surface area contributed by atoms with Crippen molar-refractivity contribution in [1.29, 1.82) is 0 Å². The van der Waals surface area contributed by atoms with Crippen LogP contribution in [0.4, 0.5) is 0 Å². The molecule has 0 saturated heterocycles. The molecule has 7 nitrogen and oxygen atoms in total. The van der Waals surface area contributed by atoms with Crippen LogP contribution in [-0.2, 0) is 14.3 Å². The lowest BCUT2D eigenvalue weighted by Crippen LogP contribution is -2.12. The van der Waals surface area contributed by atoms with Crippen LogP contribution in [0.25, 0.3) is 10.4 Å². The lowest BCUT2D eigenvalue weighted by Gasteiger charge is -2.02. The minimum absolute atomic E-state index is 0.0982.